The van der Waals surface area contributed by atoms with E-state index in [4.69, 9.17) is 16.3 Å². The molecule has 0 radical (unpaired) electrons. The van der Waals surface area contributed by atoms with Crippen LogP contribution in [0, 0.1) is 5.82 Å². The molecule has 1 aromatic rings. The van der Waals surface area contributed by atoms with Gasteiger partial charge in [-0.15, -0.1) is 0 Å². The van der Waals surface area contributed by atoms with E-state index in [1.807, 2.05) is 6.92 Å². The van der Waals surface area contributed by atoms with Crippen LogP contribution in [-0.4, -0.2) is 19.7 Å². The van der Waals surface area contributed by atoms with E-state index in [1.165, 1.54) is 19.2 Å². The zero-order valence-corrected chi connectivity index (χ0v) is 12.8. The lowest BCUT2D eigenvalue weighted by atomic mass is 10.2. The molecule has 0 fully saturated rings. The van der Waals surface area contributed by atoms with Crippen molar-refractivity contribution in [2.45, 2.75) is 13.3 Å². The summed E-state index contributed by atoms with van der Waals surface area (Å²) in [5, 5.41) is 0.290. The molecule has 0 spiro atoms. The minimum Gasteiger partial charge on any atom is -0.488 e. The summed E-state index contributed by atoms with van der Waals surface area (Å²) in [6.45, 7) is 1.94. The fraction of sp³-hybridized carbons (Fsp3) is 0.308. The highest BCUT2D eigenvalue weighted by Gasteiger charge is 2.09. The number of rotatable bonds is 5. The summed E-state index contributed by atoms with van der Waals surface area (Å²) in [5.41, 5.74) is 0.496. The zero-order valence-electron chi connectivity index (χ0n) is 10.5. The van der Waals surface area contributed by atoms with Crippen LogP contribution in [0.4, 0.5) is 4.39 Å². The Morgan fingerprint density at radius 1 is 1.53 bits per heavy atom. The Bertz CT molecular complexity index is 503. The molecule has 3 nitrogen and oxygen atoms in total. The highest BCUT2D eigenvalue weighted by Crippen LogP contribution is 2.30. The first-order chi connectivity index (χ1) is 8.99. The Morgan fingerprint density at radius 2 is 2.21 bits per heavy atom. The first-order valence-corrected chi connectivity index (χ1v) is 6.71. The van der Waals surface area contributed by atoms with E-state index in [9.17, 15) is 9.18 Å². The lowest BCUT2D eigenvalue weighted by Crippen LogP contribution is -2.06. The van der Waals surface area contributed by atoms with E-state index in [2.05, 4.69) is 20.7 Å². The summed E-state index contributed by atoms with van der Waals surface area (Å²) < 4.78 is 23.5. The summed E-state index contributed by atoms with van der Waals surface area (Å²) in [4.78, 5) is 11.3. The van der Waals surface area contributed by atoms with Gasteiger partial charge in [0.1, 0.15) is 18.2 Å². The minimum atomic E-state index is -0.466. The molecule has 19 heavy (non-hydrogen) atoms. The van der Waals surface area contributed by atoms with Gasteiger partial charge < -0.3 is 9.47 Å². The molecule has 0 aliphatic rings. The number of carbonyl (C=O) groups excluding carboxylic acids is 1. The van der Waals surface area contributed by atoms with E-state index in [0.717, 1.165) is 0 Å². The monoisotopic (exact) mass is 350 g/mol. The molecule has 0 saturated carbocycles. The van der Waals surface area contributed by atoms with Crippen LogP contribution in [0.5, 0.6) is 5.75 Å². The van der Waals surface area contributed by atoms with Crippen molar-refractivity contribution in [1.29, 1.82) is 0 Å². The van der Waals surface area contributed by atoms with Gasteiger partial charge in [-0.05, 0) is 34.5 Å². The molecule has 6 heteroatoms. The number of hydrogen-bond donors (Lipinski definition) is 0. The average Bonchev–Trinajstić information content (AvgIpc) is 2.39. The molecule has 104 valence electrons. The van der Waals surface area contributed by atoms with Crippen molar-refractivity contribution in [3.63, 3.8) is 0 Å². The Hall–Kier alpha value is -1.07. The number of hydrogen-bond acceptors (Lipinski definition) is 3. The lowest BCUT2D eigenvalue weighted by molar-refractivity contribution is -0.136. The summed E-state index contributed by atoms with van der Waals surface area (Å²) in [6, 6.07) is 2.60. The second-order valence-electron chi connectivity index (χ2n) is 3.58. The molecule has 0 atom stereocenters. The first-order valence-electron chi connectivity index (χ1n) is 5.54. The van der Waals surface area contributed by atoms with Crippen molar-refractivity contribution in [3.05, 3.63) is 39.1 Å². The second kappa shape index (κ2) is 7.50. The van der Waals surface area contributed by atoms with Crippen molar-refractivity contribution in [2.24, 2.45) is 0 Å². The number of halogens is 3. The van der Waals surface area contributed by atoms with Gasteiger partial charge in [0.05, 0.1) is 16.6 Å². The van der Waals surface area contributed by atoms with Gasteiger partial charge in [-0.25, -0.2) is 9.18 Å². The van der Waals surface area contributed by atoms with Crippen molar-refractivity contribution in [3.8, 4) is 5.75 Å². The normalized spacial score (nSPS) is 11.3. The molecule has 1 rings (SSSR count). The van der Waals surface area contributed by atoms with Crippen molar-refractivity contribution in [1.82, 2.24) is 0 Å². The molecular weight excluding hydrogens is 338 g/mol. The van der Waals surface area contributed by atoms with Gasteiger partial charge in [-0.3, -0.25) is 0 Å². The van der Waals surface area contributed by atoms with Gasteiger partial charge in [-0.2, -0.15) is 0 Å². The van der Waals surface area contributed by atoms with Crippen LogP contribution in [0.2, 0.25) is 5.02 Å². The number of benzene rings is 1. The number of carbonyl (C=O) groups is 1. The minimum absolute atomic E-state index is 0.110. The third-order valence-corrected chi connectivity index (χ3v) is 3.27. The van der Waals surface area contributed by atoms with Crippen LogP contribution in [0.3, 0.4) is 0 Å². The Balaban J connectivity index is 2.74. The molecule has 0 heterocycles. The van der Waals surface area contributed by atoms with Crippen molar-refractivity contribution >= 4 is 33.5 Å². The Kier molecular flexibility index (Phi) is 6.31. The third-order valence-electron chi connectivity index (χ3n) is 2.37. The second-order valence-corrected chi connectivity index (χ2v) is 4.84. The Morgan fingerprint density at radius 3 is 2.79 bits per heavy atom. The fourth-order valence-corrected chi connectivity index (χ4v) is 2.04. The molecule has 0 aliphatic carbocycles. The predicted molar refractivity (Wildman–Crippen MR) is 75.0 cm³/mol. The van der Waals surface area contributed by atoms with Crippen molar-refractivity contribution < 1.29 is 18.7 Å². The molecule has 0 N–H and O–H groups in total. The van der Waals surface area contributed by atoms with Crippen LogP contribution in [-0.2, 0) is 9.53 Å². The summed E-state index contributed by atoms with van der Waals surface area (Å²) in [7, 11) is 1.31. The molecule has 1 aromatic carbocycles. The van der Waals surface area contributed by atoms with Gasteiger partial charge in [0, 0.05) is 11.6 Å². The maximum absolute atomic E-state index is 13.3. The molecule has 0 saturated heterocycles. The van der Waals surface area contributed by atoms with Crippen LogP contribution in [0.1, 0.15) is 13.3 Å². The Labute approximate surface area is 124 Å². The number of methoxy groups -OCH3 is 1. The van der Waals surface area contributed by atoms with Gasteiger partial charge in [0.2, 0.25) is 0 Å². The standard InChI is InChI=1S/C13H13BrClFO3/c1-3-8(13(17)18-2)4-5-19-12-7-11(16)9(14)6-10(12)15/h4,6-7H,3,5H2,1-2H3/b8-4-. The van der Waals surface area contributed by atoms with Crippen LogP contribution in [0.25, 0.3) is 0 Å². The maximum atomic E-state index is 13.3. The van der Waals surface area contributed by atoms with E-state index >= 15 is 0 Å². The van der Waals surface area contributed by atoms with Crippen molar-refractivity contribution in [2.75, 3.05) is 13.7 Å². The zero-order chi connectivity index (χ0) is 14.4. The highest BCUT2D eigenvalue weighted by molar-refractivity contribution is 9.10. The fourth-order valence-electron chi connectivity index (χ4n) is 1.35. The average molecular weight is 352 g/mol. The number of esters is 1. The summed E-state index contributed by atoms with van der Waals surface area (Å²) in [6.07, 6.45) is 2.11. The molecule has 0 amide bonds. The quantitative estimate of drug-likeness (QED) is 0.454. The van der Waals surface area contributed by atoms with E-state index < -0.39 is 11.8 Å². The molecule has 0 bridgehead atoms. The molecular formula is C13H13BrClFO3. The summed E-state index contributed by atoms with van der Waals surface area (Å²) in [5.74, 6) is -0.648. The largest absolute Gasteiger partial charge is 0.488 e. The van der Waals surface area contributed by atoms with Gasteiger partial charge in [-0.1, -0.05) is 18.5 Å². The first kappa shape index (κ1) is 16.0. The van der Waals surface area contributed by atoms with E-state index in [1.54, 1.807) is 6.08 Å². The van der Waals surface area contributed by atoms with Crippen LogP contribution in [0.15, 0.2) is 28.3 Å². The lowest BCUT2D eigenvalue weighted by Gasteiger charge is -2.08. The van der Waals surface area contributed by atoms with E-state index in [-0.39, 0.29) is 21.9 Å². The summed E-state index contributed by atoms with van der Waals surface area (Å²) >= 11 is 8.93. The molecule has 0 unspecified atom stereocenters. The van der Waals surface area contributed by atoms with Gasteiger partial charge in [0.15, 0.2) is 0 Å². The molecule has 0 aliphatic heterocycles. The third kappa shape index (κ3) is 4.51. The topological polar surface area (TPSA) is 35.5 Å². The highest BCUT2D eigenvalue weighted by atomic mass is 79.9. The smallest absolute Gasteiger partial charge is 0.333 e. The maximum Gasteiger partial charge on any atom is 0.333 e. The van der Waals surface area contributed by atoms with Crippen LogP contribution < -0.4 is 4.74 Å². The van der Waals surface area contributed by atoms with Crippen LogP contribution >= 0.6 is 27.5 Å². The van der Waals surface area contributed by atoms with E-state index in [0.29, 0.717) is 12.0 Å². The van der Waals surface area contributed by atoms with Gasteiger partial charge >= 0.3 is 5.97 Å². The predicted octanol–water partition coefficient (Wildman–Crippen LogP) is 4.13. The SMILES string of the molecule is CC/C(=C/COc1cc(F)c(Br)cc1Cl)C(=O)OC. The number of ether oxygens (including phenoxy) is 2. The van der Waals surface area contributed by atoms with Gasteiger partial charge in [0.25, 0.3) is 0 Å². The molecule has 0 aromatic heterocycles.